The van der Waals surface area contributed by atoms with E-state index < -0.39 is 76.6 Å². The predicted octanol–water partition coefficient (Wildman–Crippen LogP) is 5.18. The minimum absolute atomic E-state index is 0.0404. The third-order valence-corrected chi connectivity index (χ3v) is 16.2. The fourth-order valence-electron chi connectivity index (χ4n) is 9.25. The first-order valence-electron chi connectivity index (χ1n) is 22.4. The van der Waals surface area contributed by atoms with Gasteiger partial charge < -0.3 is 29.4 Å². The number of aromatic nitrogens is 3. The number of fused-ring (bicyclic) bond motifs is 3. The molecule has 3 aromatic heterocycles. The Morgan fingerprint density at radius 2 is 1.76 bits per heavy atom. The molecule has 5 aromatic rings. The lowest BCUT2D eigenvalue weighted by atomic mass is 9.96. The van der Waals surface area contributed by atoms with Gasteiger partial charge >= 0.3 is 6.09 Å². The fraction of sp³-hybridized carbons (Fsp3) is 0.383. The number of nitrogens with zero attached hydrogens (tertiary/aromatic N) is 5. The van der Waals surface area contributed by atoms with Crippen LogP contribution in [0.2, 0.25) is 0 Å². The van der Waals surface area contributed by atoms with Crippen LogP contribution in [-0.4, -0.2) is 109 Å². The summed E-state index contributed by atoms with van der Waals surface area (Å²) in [5, 5.41) is 5.63. The van der Waals surface area contributed by atoms with Crippen molar-refractivity contribution in [1.82, 2.24) is 30.1 Å². The van der Waals surface area contributed by atoms with E-state index in [9.17, 15) is 50.0 Å². The van der Waals surface area contributed by atoms with E-state index in [2.05, 4.69) is 20.6 Å². The van der Waals surface area contributed by atoms with Crippen molar-refractivity contribution in [2.45, 2.75) is 75.6 Å². The molecule has 8 rings (SSSR count). The number of rotatable bonds is 16. The highest BCUT2D eigenvalue weighted by atomic mass is 33.1. The predicted molar refractivity (Wildman–Crippen MR) is 261 cm³/mol. The number of halogens is 2. The Hall–Kier alpha value is -6.66. The highest BCUT2D eigenvalue weighted by Gasteiger charge is 2.41. The number of nitrogens with one attached hydrogen (secondary N) is 3. The number of pyridine rings is 2. The van der Waals surface area contributed by atoms with E-state index in [1.165, 1.54) is 31.4 Å². The fourth-order valence-corrected chi connectivity index (χ4v) is 13.6. The molecule has 2 aromatic carbocycles. The molecule has 1 atom stereocenters. The van der Waals surface area contributed by atoms with Gasteiger partial charge in [-0.1, -0.05) is 6.07 Å². The van der Waals surface area contributed by atoms with Crippen LogP contribution < -0.4 is 26.0 Å². The standard InChI is InChI=1S/C47H50F2N8O11S3/c1-47(2,69-71(5,66)67)25-68-46(63)55(35-11-9-10-29-32(35)23-57(44(29)61)36-12-13-38(58)53-43(36)60)15-8-6-7-14-50-42(59)30-18-37-31(16-26(30)24-70(4,64)65)33-22-54(3)45(62)40-39(33)27(19-51-40)21-56(37)41-34(49)17-28(48)20-52-41/h9-11,16-20,22,36,51H,6-8,12-15,21,23-25H2,1-5H3,(H,50,59)(H,53,58,60). The number of hydrogen-bond acceptors (Lipinski definition) is 14. The first-order valence-corrected chi connectivity index (χ1v) is 27.7. The molecule has 1 fully saturated rings. The van der Waals surface area contributed by atoms with Crippen molar-refractivity contribution >= 4 is 87.3 Å². The van der Waals surface area contributed by atoms with Gasteiger partial charge in [0.1, 0.15) is 24.0 Å². The van der Waals surface area contributed by atoms with E-state index in [0.717, 1.165) is 18.7 Å². The van der Waals surface area contributed by atoms with Crippen molar-refractivity contribution in [2.24, 2.45) is 7.05 Å². The topological polar surface area (TPSA) is 247 Å². The van der Waals surface area contributed by atoms with E-state index in [1.807, 2.05) is 0 Å². The average molecular weight is 1040 g/mol. The summed E-state index contributed by atoms with van der Waals surface area (Å²) in [6.45, 7) is 2.94. The van der Waals surface area contributed by atoms with Crippen molar-refractivity contribution in [3.8, 4) is 11.1 Å². The normalized spacial score (nSPS) is 15.9. The SMILES string of the molecule is Cn1cc2c3c(c[nH]c3c1=O)CN(c1ncc(F)cc1F)c1cc(C(=O)NCCCCCN(C(=O)OCC(C)(C)SS(C)(=O)=O)c3cccc4c3CN(C3CCC(=O)NC3=O)C4=O)c(CS(C)(=O)=O)cc1-2. The smallest absolute Gasteiger partial charge is 0.414 e. The van der Waals surface area contributed by atoms with Crippen molar-refractivity contribution in [3.63, 3.8) is 0 Å². The van der Waals surface area contributed by atoms with E-state index in [1.54, 1.807) is 51.5 Å². The molecule has 19 nitrogen and oxygen atoms in total. The summed E-state index contributed by atoms with van der Waals surface area (Å²) in [5.74, 6) is -4.91. The molecule has 1 saturated heterocycles. The van der Waals surface area contributed by atoms with Crippen LogP contribution in [-0.2, 0) is 58.9 Å². The second-order valence-electron chi connectivity index (χ2n) is 18.4. The Balaban J connectivity index is 1.03. The number of ether oxygens (including phenoxy) is 1. The minimum Gasteiger partial charge on any atom is -0.448 e. The van der Waals surface area contributed by atoms with Gasteiger partial charge in [0.2, 0.25) is 11.8 Å². The molecule has 5 amide bonds. The number of aromatic amines is 1. The second kappa shape index (κ2) is 19.5. The molecule has 3 N–H and O–H groups in total. The van der Waals surface area contributed by atoms with Crippen molar-refractivity contribution in [3.05, 3.63) is 105 Å². The zero-order valence-electron chi connectivity index (χ0n) is 39.3. The molecule has 24 heteroatoms. The maximum atomic E-state index is 15.6. The van der Waals surface area contributed by atoms with E-state index in [-0.39, 0.29) is 84.9 Å². The zero-order valence-corrected chi connectivity index (χ0v) is 41.7. The number of hydrogen-bond donors (Lipinski definition) is 3. The van der Waals surface area contributed by atoms with Gasteiger partial charge in [-0.2, -0.15) is 0 Å². The Bertz CT molecular complexity index is 3340. The summed E-state index contributed by atoms with van der Waals surface area (Å²) in [4.78, 5) is 91.0. The molecule has 1 unspecified atom stereocenters. The molecule has 0 aliphatic carbocycles. The number of sulfone groups is 1. The van der Waals surface area contributed by atoms with Crippen molar-refractivity contribution in [1.29, 1.82) is 0 Å². The molecule has 6 heterocycles. The molecule has 376 valence electrons. The highest BCUT2D eigenvalue weighted by Crippen LogP contribution is 2.45. The van der Waals surface area contributed by atoms with Crippen LogP contribution in [0.5, 0.6) is 0 Å². The number of anilines is 3. The van der Waals surface area contributed by atoms with E-state index in [0.29, 0.717) is 69.5 Å². The third-order valence-electron chi connectivity index (χ3n) is 12.3. The number of benzene rings is 2. The lowest BCUT2D eigenvalue weighted by molar-refractivity contribution is -0.136. The van der Waals surface area contributed by atoms with Gasteiger partial charge in [0, 0.05) is 97.3 Å². The molecule has 0 spiro atoms. The molecular formula is C47H50F2N8O11S3. The second-order valence-corrected chi connectivity index (χ2v) is 25.6. The van der Waals surface area contributed by atoms with Crippen LogP contribution >= 0.6 is 10.8 Å². The van der Waals surface area contributed by atoms with Gasteiger partial charge in [0.05, 0.1) is 34.6 Å². The van der Waals surface area contributed by atoms with Gasteiger partial charge in [-0.3, -0.25) is 34.2 Å². The van der Waals surface area contributed by atoms with Gasteiger partial charge in [0.15, 0.2) is 30.3 Å². The Labute approximate surface area is 410 Å². The van der Waals surface area contributed by atoms with Crippen molar-refractivity contribution < 1.29 is 54.3 Å². The van der Waals surface area contributed by atoms with Gasteiger partial charge in [-0.15, -0.1) is 0 Å². The number of aryl methyl sites for hydroxylation is 1. The number of H-pyrrole nitrogens is 1. The monoisotopic (exact) mass is 1040 g/mol. The van der Waals surface area contributed by atoms with Crippen LogP contribution in [0.25, 0.3) is 22.0 Å². The number of amides is 5. The minimum atomic E-state index is -3.76. The molecule has 3 aliphatic heterocycles. The number of carbonyl (C=O) groups excluding carboxylic acids is 5. The maximum Gasteiger partial charge on any atom is 0.414 e. The quantitative estimate of drug-likeness (QED) is 0.0655. The number of piperidine rings is 1. The largest absolute Gasteiger partial charge is 0.448 e. The molecule has 71 heavy (non-hydrogen) atoms. The summed E-state index contributed by atoms with van der Waals surface area (Å²) in [5.41, 5.74) is 2.67. The summed E-state index contributed by atoms with van der Waals surface area (Å²) >= 11 is 0. The van der Waals surface area contributed by atoms with Crippen LogP contribution in [0, 0.1) is 11.6 Å². The molecular weight excluding hydrogens is 987 g/mol. The average Bonchev–Trinajstić information content (AvgIpc) is 3.82. The van der Waals surface area contributed by atoms with Crippen LogP contribution in [0.3, 0.4) is 0 Å². The number of unbranched alkanes of at least 4 members (excludes halogenated alkanes) is 2. The van der Waals surface area contributed by atoms with Gasteiger partial charge in [-0.05, 0) is 85.7 Å². The zero-order chi connectivity index (χ0) is 51.3. The highest BCUT2D eigenvalue weighted by molar-refractivity contribution is 8.72. The van der Waals surface area contributed by atoms with Gasteiger partial charge in [0.25, 0.3) is 17.4 Å². The molecule has 0 saturated carbocycles. The van der Waals surface area contributed by atoms with E-state index in [4.69, 9.17) is 4.74 Å². The number of carbonyl (C=O) groups is 5. The van der Waals surface area contributed by atoms with E-state index >= 15 is 4.39 Å². The van der Waals surface area contributed by atoms with Gasteiger partial charge in [-0.25, -0.2) is 35.4 Å². The van der Waals surface area contributed by atoms with Crippen LogP contribution in [0.4, 0.5) is 30.8 Å². The molecule has 0 radical (unpaired) electrons. The Kier molecular flexibility index (Phi) is 13.9. The summed E-state index contributed by atoms with van der Waals surface area (Å²) in [6.07, 6.45) is 6.53. The first-order chi connectivity index (χ1) is 33.4. The number of imide groups is 1. The third kappa shape index (κ3) is 10.8. The maximum absolute atomic E-state index is 15.6. The first kappa shape index (κ1) is 50.7. The Morgan fingerprint density at radius 1 is 1.00 bits per heavy atom. The Morgan fingerprint density at radius 3 is 2.46 bits per heavy atom. The summed E-state index contributed by atoms with van der Waals surface area (Å²) in [7, 11) is -5.11. The van der Waals surface area contributed by atoms with Crippen molar-refractivity contribution in [2.75, 3.05) is 42.0 Å². The van der Waals surface area contributed by atoms with Crippen LogP contribution in [0.15, 0.2) is 59.8 Å². The molecule has 0 bridgehead atoms. The summed E-state index contributed by atoms with van der Waals surface area (Å²) in [6, 6.07) is 7.51. The van der Waals surface area contributed by atoms with Crippen LogP contribution in [0.1, 0.15) is 83.4 Å². The summed E-state index contributed by atoms with van der Waals surface area (Å²) < 4.78 is 85.8. The lowest BCUT2D eigenvalue weighted by Crippen LogP contribution is -2.52. The molecule has 3 aliphatic rings. The lowest BCUT2D eigenvalue weighted by Gasteiger charge is -2.30.